The lowest BCUT2D eigenvalue weighted by molar-refractivity contribution is -0.00392. The number of nitrogens with zero attached hydrogens (tertiary/aromatic N) is 2. The second-order valence-corrected chi connectivity index (χ2v) is 6.76. The largest absolute Gasteiger partial charge is 0.388 e. The smallest absolute Gasteiger partial charge is 0.131 e. The third-order valence-corrected chi connectivity index (χ3v) is 5.65. The zero-order chi connectivity index (χ0) is 10.7. The minimum absolute atomic E-state index is 0.645. The molecule has 4 heteroatoms. The van der Waals surface area contributed by atoms with E-state index in [0.29, 0.717) is 5.92 Å². The van der Waals surface area contributed by atoms with Crippen molar-refractivity contribution in [1.29, 1.82) is 0 Å². The van der Waals surface area contributed by atoms with Gasteiger partial charge in [0.05, 0.1) is 0 Å². The van der Waals surface area contributed by atoms with E-state index in [0.717, 1.165) is 34.4 Å². The van der Waals surface area contributed by atoms with Crippen LogP contribution in [-0.4, -0.2) is 9.59 Å². The summed E-state index contributed by atoms with van der Waals surface area (Å²) in [5.41, 5.74) is 7.15. The molecule has 1 heterocycles. The highest BCUT2D eigenvalue weighted by molar-refractivity contribution is 7.09. The molecule has 86 valence electrons. The van der Waals surface area contributed by atoms with E-state index in [1.807, 2.05) is 0 Å². The standard InChI is InChI=1S/C12H17N3S/c13-12-11(14-15-16-12)10-8-2-6-1-7(4-8)5-9(10)3-6/h6-10H,1-5,13H2. The van der Waals surface area contributed by atoms with Crippen LogP contribution in [0.25, 0.3) is 0 Å². The molecular weight excluding hydrogens is 218 g/mol. The molecule has 0 radical (unpaired) electrons. The number of nitrogen functional groups attached to an aromatic ring is 1. The zero-order valence-corrected chi connectivity index (χ0v) is 10.1. The molecule has 0 amide bonds. The molecule has 0 atom stereocenters. The highest BCUT2D eigenvalue weighted by Crippen LogP contribution is 2.60. The van der Waals surface area contributed by atoms with Crippen LogP contribution >= 0.6 is 11.5 Å². The maximum absolute atomic E-state index is 6.01. The predicted octanol–water partition coefficient (Wildman–Crippen LogP) is 2.66. The Morgan fingerprint density at radius 3 is 2.12 bits per heavy atom. The molecule has 3 nitrogen and oxygen atoms in total. The first-order chi connectivity index (χ1) is 7.81. The molecule has 4 fully saturated rings. The highest BCUT2D eigenvalue weighted by atomic mass is 32.1. The molecule has 16 heavy (non-hydrogen) atoms. The fraction of sp³-hybridized carbons (Fsp3) is 0.833. The molecule has 0 aliphatic heterocycles. The van der Waals surface area contributed by atoms with Crippen LogP contribution in [0.2, 0.25) is 0 Å². The molecule has 5 rings (SSSR count). The van der Waals surface area contributed by atoms with Gasteiger partial charge in [0.1, 0.15) is 10.7 Å². The molecule has 4 saturated carbocycles. The lowest BCUT2D eigenvalue weighted by Gasteiger charge is -2.54. The van der Waals surface area contributed by atoms with E-state index in [4.69, 9.17) is 5.73 Å². The first kappa shape index (κ1) is 9.40. The number of nitrogens with two attached hydrogens (primary N) is 1. The summed E-state index contributed by atoms with van der Waals surface area (Å²) in [6, 6.07) is 0. The SMILES string of the molecule is Nc1snnc1C1C2CC3CC(C2)CC1C3. The van der Waals surface area contributed by atoms with Crippen LogP contribution in [0.5, 0.6) is 0 Å². The molecule has 0 unspecified atom stereocenters. The Bertz CT molecular complexity index is 386. The van der Waals surface area contributed by atoms with E-state index in [9.17, 15) is 0 Å². The van der Waals surface area contributed by atoms with E-state index < -0.39 is 0 Å². The number of rotatable bonds is 1. The number of hydrogen-bond acceptors (Lipinski definition) is 4. The minimum Gasteiger partial charge on any atom is -0.388 e. The monoisotopic (exact) mass is 235 g/mol. The van der Waals surface area contributed by atoms with Crippen molar-refractivity contribution < 1.29 is 0 Å². The van der Waals surface area contributed by atoms with Gasteiger partial charge in [-0.2, -0.15) is 0 Å². The van der Waals surface area contributed by atoms with Crippen LogP contribution < -0.4 is 5.73 Å². The van der Waals surface area contributed by atoms with Gasteiger partial charge in [-0.3, -0.25) is 0 Å². The third kappa shape index (κ3) is 1.19. The summed E-state index contributed by atoms with van der Waals surface area (Å²) in [5.74, 6) is 4.41. The Kier molecular flexibility index (Phi) is 1.87. The lowest BCUT2D eigenvalue weighted by atomic mass is 9.51. The lowest BCUT2D eigenvalue weighted by Crippen LogP contribution is -2.44. The van der Waals surface area contributed by atoms with Crippen LogP contribution in [0.3, 0.4) is 0 Å². The predicted molar refractivity (Wildman–Crippen MR) is 64.1 cm³/mol. The van der Waals surface area contributed by atoms with Gasteiger partial charge in [-0.15, -0.1) is 5.10 Å². The maximum Gasteiger partial charge on any atom is 0.131 e. The summed E-state index contributed by atoms with van der Waals surface area (Å²) >= 11 is 1.37. The van der Waals surface area contributed by atoms with E-state index in [1.165, 1.54) is 43.6 Å². The molecule has 4 aliphatic carbocycles. The second kappa shape index (κ2) is 3.19. The number of hydrogen-bond donors (Lipinski definition) is 1. The fourth-order valence-electron chi connectivity index (χ4n) is 4.81. The van der Waals surface area contributed by atoms with Gasteiger partial charge in [-0.05, 0) is 55.8 Å². The topological polar surface area (TPSA) is 51.8 Å². The van der Waals surface area contributed by atoms with Crippen LogP contribution in [0.1, 0.15) is 43.7 Å². The van der Waals surface area contributed by atoms with E-state index in [2.05, 4.69) is 9.59 Å². The van der Waals surface area contributed by atoms with Crippen LogP contribution in [0.15, 0.2) is 0 Å². The quantitative estimate of drug-likeness (QED) is 0.814. The summed E-state index contributed by atoms with van der Waals surface area (Å²) in [5, 5.41) is 5.18. The molecule has 4 aliphatic rings. The van der Waals surface area contributed by atoms with Gasteiger partial charge in [0.25, 0.3) is 0 Å². The minimum atomic E-state index is 0.645. The second-order valence-electron chi connectivity index (χ2n) is 5.98. The zero-order valence-electron chi connectivity index (χ0n) is 9.30. The van der Waals surface area contributed by atoms with E-state index >= 15 is 0 Å². The van der Waals surface area contributed by atoms with Crippen molar-refractivity contribution in [2.24, 2.45) is 23.7 Å². The van der Waals surface area contributed by atoms with E-state index in [-0.39, 0.29) is 0 Å². The van der Waals surface area contributed by atoms with Crippen molar-refractivity contribution in [3.8, 4) is 0 Å². The van der Waals surface area contributed by atoms with Gasteiger partial charge < -0.3 is 5.73 Å². The van der Waals surface area contributed by atoms with Gasteiger partial charge in [0, 0.05) is 17.5 Å². The molecule has 1 aromatic heterocycles. The van der Waals surface area contributed by atoms with Gasteiger partial charge in [-0.25, -0.2) is 0 Å². The summed E-state index contributed by atoms with van der Waals surface area (Å²) in [4.78, 5) is 0. The van der Waals surface area contributed by atoms with Crippen LogP contribution in [0.4, 0.5) is 5.00 Å². The van der Waals surface area contributed by atoms with Crippen molar-refractivity contribution in [2.75, 3.05) is 5.73 Å². The van der Waals surface area contributed by atoms with Crippen LogP contribution in [-0.2, 0) is 0 Å². The Morgan fingerprint density at radius 2 is 1.62 bits per heavy atom. The normalized spacial score (nSPS) is 45.1. The first-order valence-corrected chi connectivity index (χ1v) is 7.16. The van der Waals surface area contributed by atoms with Crippen LogP contribution in [0, 0.1) is 23.7 Å². The molecule has 1 aromatic rings. The van der Waals surface area contributed by atoms with Gasteiger partial charge in [-0.1, -0.05) is 4.49 Å². The molecule has 0 saturated heterocycles. The van der Waals surface area contributed by atoms with Crippen molar-refractivity contribution in [1.82, 2.24) is 9.59 Å². The molecule has 0 aromatic carbocycles. The van der Waals surface area contributed by atoms with E-state index in [1.54, 1.807) is 0 Å². The molecule has 2 N–H and O–H groups in total. The third-order valence-electron chi connectivity index (χ3n) is 5.08. The Morgan fingerprint density at radius 1 is 1.00 bits per heavy atom. The van der Waals surface area contributed by atoms with Gasteiger partial charge in [0.2, 0.25) is 0 Å². The van der Waals surface area contributed by atoms with Gasteiger partial charge in [0.15, 0.2) is 0 Å². The summed E-state index contributed by atoms with van der Waals surface area (Å²) in [6.07, 6.45) is 7.21. The first-order valence-electron chi connectivity index (χ1n) is 6.39. The maximum atomic E-state index is 6.01. The molecular formula is C12H17N3S. The van der Waals surface area contributed by atoms with Crippen molar-refractivity contribution in [2.45, 2.75) is 38.0 Å². The average Bonchev–Trinajstić information content (AvgIpc) is 2.63. The van der Waals surface area contributed by atoms with Gasteiger partial charge >= 0.3 is 0 Å². The Hall–Kier alpha value is -0.640. The Balaban J connectivity index is 1.72. The summed E-state index contributed by atoms with van der Waals surface area (Å²) in [6.45, 7) is 0. The fourth-order valence-corrected chi connectivity index (χ4v) is 5.29. The van der Waals surface area contributed by atoms with Crippen molar-refractivity contribution in [3.05, 3.63) is 5.69 Å². The van der Waals surface area contributed by atoms with Crippen molar-refractivity contribution >= 4 is 16.5 Å². The highest BCUT2D eigenvalue weighted by Gasteiger charge is 2.49. The average molecular weight is 235 g/mol. The Labute approximate surface area is 99.6 Å². The van der Waals surface area contributed by atoms with Crippen molar-refractivity contribution in [3.63, 3.8) is 0 Å². The summed E-state index contributed by atoms with van der Waals surface area (Å²) in [7, 11) is 0. The molecule has 0 spiro atoms. The molecule has 4 bridgehead atoms. The number of anilines is 1. The number of aromatic nitrogens is 2. The summed E-state index contributed by atoms with van der Waals surface area (Å²) < 4.78 is 4.02.